The first kappa shape index (κ1) is 15.4. The highest BCUT2D eigenvalue weighted by Crippen LogP contribution is 2.39. The summed E-state index contributed by atoms with van der Waals surface area (Å²) in [5, 5.41) is 0. The maximum atomic E-state index is 5.71. The van der Waals surface area contributed by atoms with Crippen molar-refractivity contribution in [2.24, 2.45) is 0 Å². The van der Waals surface area contributed by atoms with Crippen molar-refractivity contribution in [3.63, 3.8) is 0 Å². The zero-order valence-electron chi connectivity index (χ0n) is 11.4. The summed E-state index contributed by atoms with van der Waals surface area (Å²) >= 11 is 7.27. The number of hydrogen-bond donors (Lipinski definition) is 0. The first-order chi connectivity index (χ1) is 9.65. The van der Waals surface area contributed by atoms with E-state index in [-0.39, 0.29) is 4.83 Å². The lowest BCUT2D eigenvalue weighted by molar-refractivity contribution is 0.337. The molecule has 0 saturated carbocycles. The third kappa shape index (κ3) is 3.55. The highest BCUT2D eigenvalue weighted by molar-refractivity contribution is 9.10. The van der Waals surface area contributed by atoms with Gasteiger partial charge in [-0.05, 0) is 42.8 Å². The van der Waals surface area contributed by atoms with Gasteiger partial charge in [-0.3, -0.25) is 0 Å². The predicted molar refractivity (Wildman–Crippen MR) is 89.1 cm³/mol. The van der Waals surface area contributed by atoms with Crippen molar-refractivity contribution in [3.05, 3.63) is 58.1 Å². The fourth-order valence-electron chi connectivity index (χ4n) is 1.98. The summed E-state index contributed by atoms with van der Waals surface area (Å²) in [6.45, 7) is 2.63. The molecule has 0 amide bonds. The molecule has 0 bridgehead atoms. The standard InChI is InChI=1S/C16H16Br2O2/c1-3-20-15-8-7-12(17)10-14(15)16(18)11-5-4-6-13(9-11)19-2/h4-10,16H,3H2,1-2H3. The van der Waals surface area contributed by atoms with E-state index in [1.165, 1.54) is 0 Å². The van der Waals surface area contributed by atoms with E-state index >= 15 is 0 Å². The van der Waals surface area contributed by atoms with Gasteiger partial charge >= 0.3 is 0 Å². The lowest BCUT2D eigenvalue weighted by atomic mass is 10.0. The number of rotatable bonds is 5. The Labute approximate surface area is 136 Å². The number of methoxy groups -OCH3 is 1. The third-order valence-corrected chi connectivity index (χ3v) is 4.45. The third-order valence-electron chi connectivity index (χ3n) is 2.93. The van der Waals surface area contributed by atoms with Gasteiger partial charge in [0.05, 0.1) is 18.5 Å². The summed E-state index contributed by atoms with van der Waals surface area (Å²) in [4.78, 5) is 0.0525. The Morgan fingerprint density at radius 3 is 2.65 bits per heavy atom. The van der Waals surface area contributed by atoms with Gasteiger partial charge in [-0.15, -0.1) is 0 Å². The molecule has 0 aliphatic rings. The fourth-order valence-corrected chi connectivity index (χ4v) is 3.00. The van der Waals surface area contributed by atoms with E-state index in [2.05, 4.69) is 44.0 Å². The van der Waals surface area contributed by atoms with E-state index in [1.807, 2.05) is 37.3 Å². The number of hydrogen-bond acceptors (Lipinski definition) is 2. The van der Waals surface area contributed by atoms with E-state index in [1.54, 1.807) is 7.11 Å². The van der Waals surface area contributed by atoms with Gasteiger partial charge in [-0.2, -0.15) is 0 Å². The Morgan fingerprint density at radius 2 is 1.95 bits per heavy atom. The van der Waals surface area contributed by atoms with Crippen LogP contribution in [-0.2, 0) is 0 Å². The van der Waals surface area contributed by atoms with E-state index in [0.29, 0.717) is 6.61 Å². The van der Waals surface area contributed by atoms with Crippen LogP contribution in [0, 0.1) is 0 Å². The lowest BCUT2D eigenvalue weighted by Gasteiger charge is -2.16. The van der Waals surface area contributed by atoms with Crippen molar-refractivity contribution >= 4 is 31.9 Å². The van der Waals surface area contributed by atoms with Crippen LogP contribution in [0.25, 0.3) is 0 Å². The molecule has 0 N–H and O–H groups in total. The highest BCUT2D eigenvalue weighted by atomic mass is 79.9. The molecule has 0 fully saturated rings. The van der Waals surface area contributed by atoms with E-state index in [0.717, 1.165) is 27.1 Å². The zero-order valence-corrected chi connectivity index (χ0v) is 14.6. The molecule has 0 saturated heterocycles. The Morgan fingerprint density at radius 1 is 1.15 bits per heavy atom. The van der Waals surface area contributed by atoms with Gasteiger partial charge in [0.1, 0.15) is 11.5 Å². The van der Waals surface area contributed by atoms with Crippen molar-refractivity contribution in [3.8, 4) is 11.5 Å². The van der Waals surface area contributed by atoms with Gasteiger partial charge in [0.25, 0.3) is 0 Å². The maximum absolute atomic E-state index is 5.71. The fraction of sp³-hybridized carbons (Fsp3) is 0.250. The van der Waals surface area contributed by atoms with Gasteiger partial charge in [0, 0.05) is 10.0 Å². The first-order valence-corrected chi connectivity index (χ1v) is 8.06. The van der Waals surface area contributed by atoms with Crippen LogP contribution in [0.3, 0.4) is 0 Å². The molecule has 20 heavy (non-hydrogen) atoms. The monoisotopic (exact) mass is 398 g/mol. The molecule has 2 aromatic carbocycles. The second kappa shape index (κ2) is 7.14. The van der Waals surface area contributed by atoms with Gasteiger partial charge in [-0.25, -0.2) is 0 Å². The van der Waals surface area contributed by atoms with Crippen LogP contribution in [0.4, 0.5) is 0 Å². The largest absolute Gasteiger partial charge is 0.497 e. The second-order valence-corrected chi connectivity index (χ2v) is 6.09. The topological polar surface area (TPSA) is 18.5 Å². The number of halogens is 2. The van der Waals surface area contributed by atoms with Crippen LogP contribution >= 0.6 is 31.9 Å². The average molecular weight is 400 g/mol. The Bertz CT molecular complexity index is 584. The van der Waals surface area contributed by atoms with E-state index in [9.17, 15) is 0 Å². The molecule has 2 nitrogen and oxygen atoms in total. The van der Waals surface area contributed by atoms with Crippen LogP contribution in [-0.4, -0.2) is 13.7 Å². The maximum Gasteiger partial charge on any atom is 0.124 e. The molecule has 0 aromatic heterocycles. The van der Waals surface area contributed by atoms with E-state index in [4.69, 9.17) is 9.47 Å². The summed E-state index contributed by atoms with van der Waals surface area (Å²) in [5.74, 6) is 1.74. The van der Waals surface area contributed by atoms with Crippen molar-refractivity contribution in [1.82, 2.24) is 0 Å². The molecule has 2 aromatic rings. The summed E-state index contributed by atoms with van der Waals surface area (Å²) in [6, 6.07) is 14.1. The van der Waals surface area contributed by atoms with Crippen molar-refractivity contribution in [1.29, 1.82) is 0 Å². The van der Waals surface area contributed by atoms with Gasteiger partial charge < -0.3 is 9.47 Å². The van der Waals surface area contributed by atoms with Gasteiger partial charge in [0.15, 0.2) is 0 Å². The van der Waals surface area contributed by atoms with Crippen LogP contribution in [0.15, 0.2) is 46.9 Å². The van der Waals surface area contributed by atoms with Crippen LogP contribution in [0.1, 0.15) is 22.9 Å². The van der Waals surface area contributed by atoms with Crippen molar-refractivity contribution in [2.75, 3.05) is 13.7 Å². The zero-order chi connectivity index (χ0) is 14.5. The number of ether oxygens (including phenoxy) is 2. The molecule has 1 unspecified atom stereocenters. The van der Waals surface area contributed by atoms with Crippen LogP contribution in [0.5, 0.6) is 11.5 Å². The van der Waals surface area contributed by atoms with Crippen LogP contribution < -0.4 is 9.47 Å². The summed E-state index contributed by atoms with van der Waals surface area (Å²) in [7, 11) is 1.67. The Kier molecular flexibility index (Phi) is 5.49. The Balaban J connectivity index is 2.40. The van der Waals surface area contributed by atoms with Crippen molar-refractivity contribution < 1.29 is 9.47 Å². The first-order valence-electron chi connectivity index (χ1n) is 6.36. The minimum atomic E-state index is 0.0525. The highest BCUT2D eigenvalue weighted by Gasteiger charge is 2.16. The summed E-state index contributed by atoms with van der Waals surface area (Å²) in [5.41, 5.74) is 2.22. The minimum Gasteiger partial charge on any atom is -0.497 e. The summed E-state index contributed by atoms with van der Waals surface area (Å²) < 4.78 is 12.0. The molecule has 0 aliphatic carbocycles. The minimum absolute atomic E-state index is 0.0525. The molecule has 2 rings (SSSR count). The molecular weight excluding hydrogens is 384 g/mol. The second-order valence-electron chi connectivity index (χ2n) is 4.25. The lowest BCUT2D eigenvalue weighted by Crippen LogP contribution is -2.00. The van der Waals surface area contributed by atoms with E-state index < -0.39 is 0 Å². The van der Waals surface area contributed by atoms with Gasteiger partial charge in [0.2, 0.25) is 0 Å². The summed E-state index contributed by atoms with van der Waals surface area (Å²) in [6.07, 6.45) is 0. The molecule has 1 atom stereocenters. The Hall–Kier alpha value is -1.00. The number of benzene rings is 2. The van der Waals surface area contributed by atoms with Crippen LogP contribution in [0.2, 0.25) is 0 Å². The van der Waals surface area contributed by atoms with Gasteiger partial charge in [-0.1, -0.05) is 44.0 Å². The predicted octanol–water partition coefficient (Wildman–Crippen LogP) is 5.34. The molecule has 106 valence electrons. The average Bonchev–Trinajstić information content (AvgIpc) is 2.48. The molecular formula is C16H16Br2O2. The number of alkyl halides is 1. The molecule has 0 aliphatic heterocycles. The smallest absolute Gasteiger partial charge is 0.124 e. The molecule has 4 heteroatoms. The quantitative estimate of drug-likeness (QED) is 0.631. The molecule has 0 spiro atoms. The SMILES string of the molecule is CCOc1ccc(Br)cc1C(Br)c1cccc(OC)c1. The molecule has 0 radical (unpaired) electrons. The normalized spacial score (nSPS) is 12.0. The molecule has 0 heterocycles. The van der Waals surface area contributed by atoms with Crippen molar-refractivity contribution in [2.45, 2.75) is 11.8 Å².